The van der Waals surface area contributed by atoms with E-state index in [1.54, 1.807) is 18.5 Å². The summed E-state index contributed by atoms with van der Waals surface area (Å²) < 4.78 is 2.35. The Hall–Kier alpha value is -3.31. The van der Waals surface area contributed by atoms with Gasteiger partial charge in [0.1, 0.15) is 6.23 Å². The van der Waals surface area contributed by atoms with Crippen molar-refractivity contribution in [2.24, 2.45) is 0 Å². The summed E-state index contributed by atoms with van der Waals surface area (Å²) in [5.74, 6) is 4.95. The highest BCUT2D eigenvalue weighted by Gasteiger charge is 2.32. The SMILES string of the molecule is C=[SH]C[C@@H]1CN(C(O)c2cncc(N)c2)CC/[N+]1=C/C=C(\C1=CC=CCC1)c1cccc(C#N)c1. The first-order valence-corrected chi connectivity index (χ1v) is 13.1. The minimum atomic E-state index is -0.740. The molecule has 0 amide bonds. The van der Waals surface area contributed by atoms with E-state index in [0.29, 0.717) is 23.4 Å². The first-order valence-electron chi connectivity index (χ1n) is 11.8. The van der Waals surface area contributed by atoms with Gasteiger partial charge in [-0.15, -0.1) is 0 Å². The fourth-order valence-electron chi connectivity index (χ4n) is 4.59. The standard InChI is InChI=1S/C28H32N5OS/c1-35-20-26-19-33(28(34)24-15-25(30)18-31-17-24)13-12-32(26)11-10-27(22-7-3-2-4-8-22)23-9-5-6-21(14-23)16-29/h2-3,5-7,9-11,14-15,17-18,26,28,34-35H,1,4,8,12-13,19-20,30H2/q+1/b27-10+,32-11-/t26-,28?/m0/s1. The van der Waals surface area contributed by atoms with Gasteiger partial charge in [0, 0.05) is 29.8 Å². The number of aliphatic hydroxyl groups is 1. The monoisotopic (exact) mass is 486 g/mol. The van der Waals surface area contributed by atoms with Crippen molar-refractivity contribution in [1.29, 1.82) is 5.26 Å². The Morgan fingerprint density at radius 2 is 2.29 bits per heavy atom. The predicted molar refractivity (Wildman–Crippen MR) is 147 cm³/mol. The van der Waals surface area contributed by atoms with Crippen LogP contribution in [0, 0.1) is 11.3 Å². The van der Waals surface area contributed by atoms with Crippen molar-refractivity contribution < 1.29 is 9.68 Å². The summed E-state index contributed by atoms with van der Waals surface area (Å²) in [7, 11) is 0. The highest BCUT2D eigenvalue weighted by molar-refractivity contribution is 7.96. The van der Waals surface area contributed by atoms with Gasteiger partial charge in [-0.25, -0.2) is 15.9 Å². The molecule has 2 heterocycles. The van der Waals surface area contributed by atoms with Gasteiger partial charge in [0.05, 0.1) is 30.4 Å². The highest BCUT2D eigenvalue weighted by Crippen LogP contribution is 2.29. The number of piperazine rings is 1. The average Bonchev–Trinajstić information content (AvgIpc) is 2.90. The molecule has 2 atom stereocenters. The number of nitrogens with zero attached hydrogens (tertiary/aromatic N) is 4. The minimum Gasteiger partial charge on any atom is -0.397 e. The fourth-order valence-corrected chi connectivity index (χ4v) is 5.22. The van der Waals surface area contributed by atoms with E-state index < -0.39 is 6.23 Å². The van der Waals surface area contributed by atoms with E-state index in [9.17, 15) is 10.4 Å². The molecular formula is C28H32N5OS+. The van der Waals surface area contributed by atoms with E-state index in [1.165, 1.54) is 5.57 Å². The molecule has 0 spiro atoms. The molecule has 180 valence electrons. The van der Waals surface area contributed by atoms with Gasteiger partial charge >= 0.3 is 0 Å². The molecule has 2 aliphatic rings. The van der Waals surface area contributed by atoms with Gasteiger partial charge in [-0.1, -0.05) is 36.2 Å². The number of thiol groups is 1. The van der Waals surface area contributed by atoms with Gasteiger partial charge < -0.3 is 10.8 Å². The molecule has 1 aliphatic carbocycles. The number of allylic oxidation sites excluding steroid dienone is 6. The minimum absolute atomic E-state index is 0.217. The molecule has 2 aromatic rings. The van der Waals surface area contributed by atoms with Gasteiger partial charge in [0.15, 0.2) is 18.8 Å². The Kier molecular flexibility index (Phi) is 8.43. The largest absolute Gasteiger partial charge is 0.397 e. The molecule has 4 rings (SSSR count). The zero-order valence-corrected chi connectivity index (χ0v) is 20.7. The van der Waals surface area contributed by atoms with E-state index in [-0.39, 0.29) is 6.04 Å². The Bertz CT molecular complexity index is 1240. The second-order valence-electron chi connectivity index (χ2n) is 8.80. The molecular weight excluding hydrogens is 454 g/mol. The van der Waals surface area contributed by atoms with Crippen LogP contribution in [0.2, 0.25) is 0 Å². The maximum absolute atomic E-state index is 11.0. The summed E-state index contributed by atoms with van der Waals surface area (Å²) in [6.07, 6.45) is 15.3. The molecule has 3 N–H and O–H groups in total. The van der Waals surface area contributed by atoms with Crippen molar-refractivity contribution in [3.8, 4) is 6.07 Å². The van der Waals surface area contributed by atoms with Crippen molar-refractivity contribution >= 4 is 34.7 Å². The third kappa shape index (κ3) is 6.23. The van der Waals surface area contributed by atoms with Crippen LogP contribution >= 0.6 is 11.4 Å². The van der Waals surface area contributed by atoms with Crippen molar-refractivity contribution in [3.63, 3.8) is 0 Å². The second kappa shape index (κ2) is 11.9. The lowest BCUT2D eigenvalue weighted by atomic mass is 9.91. The fraction of sp³-hybridized carbons (Fsp3) is 0.286. The summed E-state index contributed by atoms with van der Waals surface area (Å²) in [4.78, 5) is 6.20. The van der Waals surface area contributed by atoms with E-state index >= 15 is 0 Å². The maximum atomic E-state index is 11.0. The van der Waals surface area contributed by atoms with Gasteiger partial charge in [-0.3, -0.25) is 9.88 Å². The average molecular weight is 487 g/mol. The van der Waals surface area contributed by atoms with Crippen LogP contribution in [0.4, 0.5) is 5.69 Å². The lowest BCUT2D eigenvalue weighted by Crippen LogP contribution is -2.51. The van der Waals surface area contributed by atoms with Crippen LogP contribution in [-0.2, 0) is 0 Å². The van der Waals surface area contributed by atoms with E-state index in [4.69, 9.17) is 5.73 Å². The Morgan fingerprint density at radius 3 is 3.03 bits per heavy atom. The quantitative estimate of drug-likeness (QED) is 0.316. The third-order valence-corrected chi connectivity index (χ3v) is 7.10. The number of nitriles is 1. The number of benzene rings is 1. The molecule has 6 nitrogen and oxygen atoms in total. The number of hydrogen-bond acceptors (Lipinski definition) is 5. The van der Waals surface area contributed by atoms with Crippen LogP contribution in [0.5, 0.6) is 0 Å². The molecule has 1 unspecified atom stereocenters. The Labute approximate surface area is 211 Å². The van der Waals surface area contributed by atoms with Gasteiger partial charge in [-0.05, 0) is 47.8 Å². The predicted octanol–water partition coefficient (Wildman–Crippen LogP) is 3.55. The first kappa shape index (κ1) is 24.8. The number of aliphatic hydroxyl groups excluding tert-OH is 1. The third-order valence-electron chi connectivity index (χ3n) is 6.42. The van der Waals surface area contributed by atoms with Crippen LogP contribution in [-0.4, -0.2) is 63.1 Å². The number of pyridine rings is 1. The van der Waals surface area contributed by atoms with Crippen LogP contribution in [0.25, 0.3) is 5.57 Å². The summed E-state index contributed by atoms with van der Waals surface area (Å²) >= 11 is 1.06. The van der Waals surface area contributed by atoms with Crippen molar-refractivity contribution in [1.82, 2.24) is 9.88 Å². The van der Waals surface area contributed by atoms with Crippen LogP contribution < -0.4 is 5.73 Å². The number of aromatic nitrogens is 1. The number of anilines is 1. The van der Waals surface area contributed by atoms with Crippen molar-refractivity contribution in [3.05, 3.63) is 89.3 Å². The van der Waals surface area contributed by atoms with Gasteiger partial charge in [0.2, 0.25) is 0 Å². The molecule has 1 aliphatic heterocycles. The first-order chi connectivity index (χ1) is 17.1. The maximum Gasteiger partial charge on any atom is 0.173 e. The molecule has 7 heteroatoms. The van der Waals surface area contributed by atoms with Crippen LogP contribution in [0.3, 0.4) is 0 Å². The molecule has 0 saturated carbocycles. The molecule has 1 aromatic heterocycles. The van der Waals surface area contributed by atoms with Crippen LogP contribution in [0.15, 0.2) is 72.6 Å². The van der Waals surface area contributed by atoms with Crippen molar-refractivity contribution in [2.45, 2.75) is 25.1 Å². The summed E-state index contributed by atoms with van der Waals surface area (Å²) in [5.41, 5.74) is 11.3. The second-order valence-corrected chi connectivity index (χ2v) is 9.61. The Morgan fingerprint density at radius 1 is 1.40 bits per heavy atom. The lowest BCUT2D eigenvalue weighted by Gasteiger charge is -2.33. The molecule has 0 radical (unpaired) electrons. The number of rotatable bonds is 7. The molecule has 1 aromatic carbocycles. The highest BCUT2D eigenvalue weighted by atomic mass is 32.1. The summed E-state index contributed by atoms with van der Waals surface area (Å²) in [6.45, 7) is 2.22. The Balaban J connectivity index is 1.62. The molecule has 1 fully saturated rings. The van der Waals surface area contributed by atoms with E-state index in [1.807, 2.05) is 18.2 Å². The lowest BCUT2D eigenvalue weighted by molar-refractivity contribution is -0.570. The van der Waals surface area contributed by atoms with E-state index in [2.05, 4.69) is 63.0 Å². The van der Waals surface area contributed by atoms with Gasteiger partial charge in [0.25, 0.3) is 0 Å². The number of hydrogen-bond donors (Lipinski definition) is 3. The number of nitrogens with two attached hydrogens (primary N) is 1. The topological polar surface area (TPSA) is 89.2 Å². The molecule has 0 bridgehead atoms. The summed E-state index contributed by atoms with van der Waals surface area (Å²) in [5, 5.41) is 20.4. The van der Waals surface area contributed by atoms with E-state index in [0.717, 1.165) is 54.2 Å². The summed E-state index contributed by atoms with van der Waals surface area (Å²) in [6, 6.07) is 12.1. The normalized spacial score (nSPS) is 20.9. The molecule has 35 heavy (non-hydrogen) atoms. The van der Waals surface area contributed by atoms with Crippen LogP contribution in [0.1, 0.15) is 35.8 Å². The zero-order valence-electron chi connectivity index (χ0n) is 19.8. The van der Waals surface area contributed by atoms with Crippen molar-refractivity contribution in [2.75, 3.05) is 31.1 Å². The number of nitrogen functional groups attached to an aromatic ring is 1. The van der Waals surface area contributed by atoms with Gasteiger partial charge in [-0.2, -0.15) is 5.26 Å². The zero-order chi connectivity index (χ0) is 24.6. The smallest absolute Gasteiger partial charge is 0.173 e. The molecule has 1 saturated heterocycles.